The molecule has 1 aromatic heterocycles. The highest BCUT2D eigenvalue weighted by molar-refractivity contribution is 5.95. The van der Waals surface area contributed by atoms with Crippen LogP contribution in [0.25, 0.3) is 0 Å². The molecule has 0 radical (unpaired) electrons. The zero-order chi connectivity index (χ0) is 21.3. The molecule has 0 aliphatic heterocycles. The van der Waals surface area contributed by atoms with Gasteiger partial charge in [-0.2, -0.15) is 0 Å². The summed E-state index contributed by atoms with van der Waals surface area (Å²) < 4.78 is 12.9. The van der Waals surface area contributed by atoms with Crippen LogP contribution in [0.5, 0.6) is 11.5 Å². The molecule has 0 saturated heterocycles. The highest BCUT2D eigenvalue weighted by atomic mass is 16.5. The summed E-state index contributed by atoms with van der Waals surface area (Å²) >= 11 is 0. The van der Waals surface area contributed by atoms with Crippen LogP contribution in [0, 0.1) is 0 Å². The fraction of sp³-hybridized carbons (Fsp3) is 0.320. The Hall–Kier alpha value is -3.21. The highest BCUT2D eigenvalue weighted by Crippen LogP contribution is 2.24. The molecule has 0 saturated carbocycles. The number of amides is 1. The number of carbonyl (C=O) groups excluding carboxylic acids is 1. The maximum atomic E-state index is 13.4. The number of hydrogen-bond acceptors (Lipinski definition) is 3. The zero-order valence-corrected chi connectivity index (χ0v) is 18.0. The molecular formula is C25H30N2O3. The molecule has 0 N–H and O–H groups in total. The van der Waals surface area contributed by atoms with Crippen molar-refractivity contribution >= 4 is 5.91 Å². The fourth-order valence-electron chi connectivity index (χ4n) is 3.44. The molecule has 0 spiro atoms. The Balaban J connectivity index is 1.84. The van der Waals surface area contributed by atoms with Crippen LogP contribution in [0.1, 0.15) is 41.4 Å². The topological polar surface area (TPSA) is 43.7 Å². The first kappa shape index (κ1) is 21.5. The number of unbranched alkanes of at least 4 members (excludes halogenated alkanes) is 1. The van der Waals surface area contributed by atoms with Crippen molar-refractivity contribution in [2.24, 2.45) is 0 Å². The van der Waals surface area contributed by atoms with Crippen LogP contribution in [-0.4, -0.2) is 36.1 Å². The fourth-order valence-corrected chi connectivity index (χ4v) is 3.44. The van der Waals surface area contributed by atoms with Gasteiger partial charge in [0.15, 0.2) is 0 Å². The third-order valence-corrected chi connectivity index (χ3v) is 5.14. The van der Waals surface area contributed by atoms with E-state index in [4.69, 9.17) is 9.47 Å². The van der Waals surface area contributed by atoms with Gasteiger partial charge in [0.05, 0.1) is 20.8 Å². The van der Waals surface area contributed by atoms with E-state index in [2.05, 4.69) is 35.9 Å². The van der Waals surface area contributed by atoms with E-state index >= 15 is 0 Å². The summed E-state index contributed by atoms with van der Waals surface area (Å²) in [5.74, 6) is 1.20. The lowest BCUT2D eigenvalue weighted by molar-refractivity contribution is 0.0736. The van der Waals surface area contributed by atoms with Gasteiger partial charge in [0.1, 0.15) is 11.5 Å². The average Bonchev–Trinajstić information content (AvgIpc) is 3.22. The van der Waals surface area contributed by atoms with Gasteiger partial charge in [-0.1, -0.05) is 43.7 Å². The molecule has 1 heterocycles. The number of benzene rings is 2. The lowest BCUT2D eigenvalue weighted by atomic mass is 10.1. The SMILES string of the molecule is CCCCN(Cc1cccn1Cc1ccccc1)C(=O)c1cc(OC)cc(OC)c1. The second-order valence-electron chi connectivity index (χ2n) is 7.29. The second-order valence-corrected chi connectivity index (χ2v) is 7.29. The zero-order valence-electron chi connectivity index (χ0n) is 18.0. The number of ether oxygens (including phenoxy) is 2. The first-order valence-corrected chi connectivity index (χ1v) is 10.3. The maximum absolute atomic E-state index is 13.4. The van der Waals surface area contributed by atoms with E-state index < -0.39 is 0 Å². The number of carbonyl (C=O) groups is 1. The van der Waals surface area contributed by atoms with Gasteiger partial charge >= 0.3 is 0 Å². The van der Waals surface area contributed by atoms with E-state index in [0.29, 0.717) is 30.2 Å². The minimum atomic E-state index is -0.0203. The van der Waals surface area contributed by atoms with E-state index in [0.717, 1.165) is 25.1 Å². The van der Waals surface area contributed by atoms with Crippen molar-refractivity contribution in [2.45, 2.75) is 32.9 Å². The Kier molecular flexibility index (Phi) is 7.55. The van der Waals surface area contributed by atoms with Crippen LogP contribution in [0.15, 0.2) is 66.9 Å². The molecule has 2 aromatic carbocycles. The predicted molar refractivity (Wildman–Crippen MR) is 119 cm³/mol. The van der Waals surface area contributed by atoms with Crippen molar-refractivity contribution in [1.29, 1.82) is 0 Å². The van der Waals surface area contributed by atoms with E-state index in [9.17, 15) is 4.79 Å². The Bertz CT molecular complexity index is 928. The van der Waals surface area contributed by atoms with Crippen molar-refractivity contribution in [1.82, 2.24) is 9.47 Å². The molecule has 158 valence electrons. The molecule has 1 amide bonds. The van der Waals surface area contributed by atoms with Gasteiger partial charge in [-0.15, -0.1) is 0 Å². The first-order valence-electron chi connectivity index (χ1n) is 10.3. The van der Waals surface area contributed by atoms with Crippen LogP contribution in [0.4, 0.5) is 0 Å². The molecule has 0 unspecified atom stereocenters. The quantitative estimate of drug-likeness (QED) is 0.476. The molecule has 3 rings (SSSR count). The Morgan fingerprint density at radius 3 is 2.30 bits per heavy atom. The van der Waals surface area contributed by atoms with Crippen molar-refractivity contribution in [3.05, 3.63) is 83.7 Å². The van der Waals surface area contributed by atoms with Gasteiger partial charge < -0.3 is 18.9 Å². The lowest BCUT2D eigenvalue weighted by Gasteiger charge is -2.24. The third-order valence-electron chi connectivity index (χ3n) is 5.14. The van der Waals surface area contributed by atoms with Crippen LogP contribution in [0.2, 0.25) is 0 Å². The van der Waals surface area contributed by atoms with Gasteiger partial charge in [-0.3, -0.25) is 4.79 Å². The summed E-state index contributed by atoms with van der Waals surface area (Å²) in [5.41, 5.74) is 2.92. The van der Waals surface area contributed by atoms with Gasteiger partial charge in [-0.05, 0) is 36.2 Å². The smallest absolute Gasteiger partial charge is 0.254 e. The molecule has 30 heavy (non-hydrogen) atoms. The van der Waals surface area contributed by atoms with Gasteiger partial charge in [0, 0.05) is 36.6 Å². The van der Waals surface area contributed by atoms with Crippen molar-refractivity contribution in [2.75, 3.05) is 20.8 Å². The molecule has 0 fully saturated rings. The molecule has 5 heteroatoms. The van der Waals surface area contributed by atoms with E-state index in [1.807, 2.05) is 29.2 Å². The summed E-state index contributed by atoms with van der Waals surface area (Å²) in [6.07, 6.45) is 4.04. The van der Waals surface area contributed by atoms with Crippen molar-refractivity contribution in [3.8, 4) is 11.5 Å². The minimum Gasteiger partial charge on any atom is -0.497 e. The van der Waals surface area contributed by atoms with Crippen LogP contribution < -0.4 is 9.47 Å². The Morgan fingerprint density at radius 1 is 0.967 bits per heavy atom. The summed E-state index contributed by atoms with van der Waals surface area (Å²) in [7, 11) is 3.18. The summed E-state index contributed by atoms with van der Waals surface area (Å²) in [5, 5.41) is 0. The van der Waals surface area contributed by atoms with Gasteiger partial charge in [-0.25, -0.2) is 0 Å². The molecule has 5 nitrogen and oxygen atoms in total. The molecule has 3 aromatic rings. The maximum Gasteiger partial charge on any atom is 0.254 e. The average molecular weight is 407 g/mol. The minimum absolute atomic E-state index is 0.0203. The largest absolute Gasteiger partial charge is 0.497 e. The predicted octanol–water partition coefficient (Wildman–Crippen LogP) is 5.00. The van der Waals surface area contributed by atoms with E-state index in [1.165, 1.54) is 5.56 Å². The number of aromatic nitrogens is 1. The van der Waals surface area contributed by atoms with Crippen LogP contribution >= 0.6 is 0 Å². The summed E-state index contributed by atoms with van der Waals surface area (Å²) in [6.45, 7) is 4.17. The van der Waals surface area contributed by atoms with E-state index in [1.54, 1.807) is 32.4 Å². The molecule has 0 aliphatic carbocycles. The van der Waals surface area contributed by atoms with Crippen molar-refractivity contribution < 1.29 is 14.3 Å². The van der Waals surface area contributed by atoms with Crippen molar-refractivity contribution in [3.63, 3.8) is 0 Å². The molecular weight excluding hydrogens is 376 g/mol. The monoisotopic (exact) mass is 406 g/mol. The molecule has 0 bridgehead atoms. The number of methoxy groups -OCH3 is 2. The Morgan fingerprint density at radius 2 is 1.67 bits per heavy atom. The number of nitrogens with zero attached hydrogens (tertiary/aromatic N) is 2. The summed E-state index contributed by atoms with van der Waals surface area (Å²) in [6, 6.07) is 19.8. The third kappa shape index (κ3) is 5.44. The Labute approximate surface area is 178 Å². The number of rotatable bonds is 10. The standard InChI is InChI=1S/C25H30N2O3/c1-4-5-13-27(25(28)21-15-23(29-2)17-24(16-21)30-3)19-22-12-9-14-26(22)18-20-10-7-6-8-11-20/h6-12,14-17H,4-5,13,18-19H2,1-3H3. The van der Waals surface area contributed by atoms with E-state index in [-0.39, 0.29) is 5.91 Å². The highest BCUT2D eigenvalue weighted by Gasteiger charge is 2.19. The first-order chi connectivity index (χ1) is 14.6. The number of hydrogen-bond donors (Lipinski definition) is 0. The second kappa shape index (κ2) is 10.5. The van der Waals surface area contributed by atoms with Crippen LogP contribution in [0.3, 0.4) is 0 Å². The molecule has 0 atom stereocenters. The molecule has 0 aliphatic rings. The lowest BCUT2D eigenvalue weighted by Crippen LogP contribution is -2.32. The van der Waals surface area contributed by atoms with Crippen LogP contribution in [-0.2, 0) is 13.1 Å². The normalized spacial score (nSPS) is 10.6. The van der Waals surface area contributed by atoms with Gasteiger partial charge in [0.25, 0.3) is 5.91 Å². The summed E-state index contributed by atoms with van der Waals surface area (Å²) in [4.78, 5) is 15.3. The van der Waals surface area contributed by atoms with Gasteiger partial charge in [0.2, 0.25) is 0 Å².